The summed E-state index contributed by atoms with van der Waals surface area (Å²) in [5, 5.41) is 2.60. The minimum atomic E-state index is -2.94. The molecule has 7 heteroatoms. The van der Waals surface area contributed by atoms with Crippen LogP contribution in [-0.4, -0.2) is 12.5 Å². The number of amides is 1. The largest absolute Gasteiger partial charge is 0.435 e. The molecular weight excluding hydrogens is 314 g/mol. The van der Waals surface area contributed by atoms with E-state index in [1.807, 2.05) is 0 Å². The second kappa shape index (κ2) is 7.13. The van der Waals surface area contributed by atoms with Gasteiger partial charge in [-0.2, -0.15) is 8.78 Å². The fourth-order valence-electron chi connectivity index (χ4n) is 1.93. The molecule has 0 aliphatic heterocycles. The summed E-state index contributed by atoms with van der Waals surface area (Å²) < 4.78 is 54.3. The minimum Gasteiger partial charge on any atom is -0.435 e. The Kier molecular flexibility index (Phi) is 5.20. The summed E-state index contributed by atoms with van der Waals surface area (Å²) in [5.74, 6) is -2.52. The average molecular weight is 327 g/mol. The van der Waals surface area contributed by atoms with Crippen LogP contribution >= 0.6 is 0 Å². The second-order valence-corrected chi connectivity index (χ2v) is 4.77. The van der Waals surface area contributed by atoms with Gasteiger partial charge in [-0.3, -0.25) is 4.79 Å². The number of halogens is 4. The van der Waals surface area contributed by atoms with Gasteiger partial charge >= 0.3 is 6.61 Å². The first-order valence-corrected chi connectivity index (χ1v) is 6.67. The minimum absolute atomic E-state index is 0.0646. The Morgan fingerprint density at radius 2 is 1.70 bits per heavy atom. The summed E-state index contributed by atoms with van der Waals surface area (Å²) in [6.07, 6.45) is 0. The van der Waals surface area contributed by atoms with Crippen LogP contribution in [-0.2, 0) is 0 Å². The standard InChI is InChI=1S/C16H13F4NO2/c1-9(11-4-7-13(17)14(18)8-11)21-15(22)10-2-5-12(6-3-10)23-16(19)20/h2-9,16H,1H3,(H,21,22). The third-order valence-electron chi connectivity index (χ3n) is 3.13. The van der Waals surface area contributed by atoms with Gasteiger partial charge < -0.3 is 10.1 Å². The third kappa shape index (κ3) is 4.45. The van der Waals surface area contributed by atoms with Crippen molar-refractivity contribution in [2.75, 3.05) is 0 Å². The topological polar surface area (TPSA) is 38.3 Å². The first-order chi connectivity index (χ1) is 10.9. The monoisotopic (exact) mass is 327 g/mol. The van der Waals surface area contributed by atoms with Gasteiger partial charge in [0, 0.05) is 5.56 Å². The zero-order chi connectivity index (χ0) is 17.0. The summed E-state index contributed by atoms with van der Waals surface area (Å²) in [7, 11) is 0. The van der Waals surface area contributed by atoms with Gasteiger partial charge in [0.2, 0.25) is 0 Å². The fourth-order valence-corrected chi connectivity index (χ4v) is 1.93. The number of carbonyl (C=O) groups is 1. The lowest BCUT2D eigenvalue weighted by Crippen LogP contribution is -2.26. The fraction of sp³-hybridized carbons (Fsp3) is 0.188. The van der Waals surface area contributed by atoms with E-state index in [2.05, 4.69) is 10.1 Å². The zero-order valence-electron chi connectivity index (χ0n) is 12.0. The summed E-state index contributed by atoms with van der Waals surface area (Å²) >= 11 is 0. The summed E-state index contributed by atoms with van der Waals surface area (Å²) in [5.41, 5.74) is 0.621. The van der Waals surface area contributed by atoms with E-state index in [-0.39, 0.29) is 11.3 Å². The predicted molar refractivity (Wildman–Crippen MR) is 75.3 cm³/mol. The van der Waals surface area contributed by atoms with Crippen LogP contribution in [0.3, 0.4) is 0 Å². The maximum atomic E-state index is 13.2. The molecule has 2 rings (SSSR count). The van der Waals surface area contributed by atoms with Crippen molar-refractivity contribution in [3.63, 3.8) is 0 Å². The van der Waals surface area contributed by atoms with E-state index in [9.17, 15) is 22.4 Å². The van der Waals surface area contributed by atoms with Gasteiger partial charge in [0.15, 0.2) is 11.6 Å². The van der Waals surface area contributed by atoms with Gasteiger partial charge in [-0.05, 0) is 48.9 Å². The van der Waals surface area contributed by atoms with Crippen molar-refractivity contribution in [3.05, 3.63) is 65.2 Å². The van der Waals surface area contributed by atoms with E-state index in [1.54, 1.807) is 6.92 Å². The quantitative estimate of drug-likeness (QED) is 0.841. The van der Waals surface area contributed by atoms with Crippen molar-refractivity contribution in [1.29, 1.82) is 0 Å². The Morgan fingerprint density at radius 1 is 1.04 bits per heavy atom. The van der Waals surface area contributed by atoms with Gasteiger partial charge in [-0.15, -0.1) is 0 Å². The zero-order valence-corrected chi connectivity index (χ0v) is 12.0. The van der Waals surface area contributed by atoms with E-state index in [0.717, 1.165) is 12.1 Å². The van der Waals surface area contributed by atoms with Crippen molar-refractivity contribution in [2.45, 2.75) is 19.6 Å². The predicted octanol–water partition coefficient (Wildman–Crippen LogP) is 4.06. The highest BCUT2D eigenvalue weighted by Crippen LogP contribution is 2.18. The molecule has 0 bridgehead atoms. The van der Waals surface area contributed by atoms with Crippen molar-refractivity contribution >= 4 is 5.91 Å². The molecule has 1 unspecified atom stereocenters. The molecule has 122 valence electrons. The van der Waals surface area contributed by atoms with Crippen molar-refractivity contribution < 1.29 is 27.1 Å². The van der Waals surface area contributed by atoms with Crippen molar-refractivity contribution in [3.8, 4) is 5.75 Å². The molecule has 23 heavy (non-hydrogen) atoms. The van der Waals surface area contributed by atoms with Crippen LogP contribution in [0, 0.1) is 11.6 Å². The normalized spacial score (nSPS) is 12.1. The molecule has 1 amide bonds. The molecule has 3 nitrogen and oxygen atoms in total. The molecule has 0 fully saturated rings. The number of benzene rings is 2. The number of carbonyl (C=O) groups excluding carboxylic acids is 1. The molecular formula is C16H13F4NO2. The number of alkyl halides is 2. The molecule has 0 aromatic heterocycles. The van der Waals surface area contributed by atoms with Gasteiger partial charge in [0.25, 0.3) is 5.91 Å². The first-order valence-electron chi connectivity index (χ1n) is 6.67. The van der Waals surface area contributed by atoms with Gasteiger partial charge in [-0.25, -0.2) is 8.78 Å². The molecule has 0 saturated carbocycles. The van der Waals surface area contributed by atoms with Crippen LogP contribution < -0.4 is 10.1 Å². The molecule has 0 radical (unpaired) electrons. The number of hydrogen-bond acceptors (Lipinski definition) is 2. The molecule has 1 atom stereocenters. The van der Waals surface area contributed by atoms with E-state index in [1.165, 1.54) is 30.3 Å². The Balaban J connectivity index is 2.04. The maximum absolute atomic E-state index is 13.2. The third-order valence-corrected chi connectivity index (χ3v) is 3.13. The number of rotatable bonds is 5. The number of ether oxygens (including phenoxy) is 1. The summed E-state index contributed by atoms with van der Waals surface area (Å²) in [6.45, 7) is -1.33. The highest BCUT2D eigenvalue weighted by atomic mass is 19.3. The molecule has 2 aromatic carbocycles. The van der Waals surface area contributed by atoms with E-state index in [4.69, 9.17) is 0 Å². The van der Waals surface area contributed by atoms with Gasteiger partial charge in [-0.1, -0.05) is 6.07 Å². The summed E-state index contributed by atoms with van der Waals surface area (Å²) in [6, 6.07) is 7.91. The summed E-state index contributed by atoms with van der Waals surface area (Å²) in [4.78, 5) is 12.0. The first kappa shape index (κ1) is 16.8. The maximum Gasteiger partial charge on any atom is 0.387 e. The lowest BCUT2D eigenvalue weighted by atomic mass is 10.1. The van der Waals surface area contributed by atoms with Gasteiger partial charge in [0.05, 0.1) is 6.04 Å². The van der Waals surface area contributed by atoms with Crippen LogP contribution in [0.15, 0.2) is 42.5 Å². The van der Waals surface area contributed by atoms with Gasteiger partial charge in [0.1, 0.15) is 5.75 Å². The molecule has 0 saturated heterocycles. The Hall–Kier alpha value is -2.57. The van der Waals surface area contributed by atoms with Crippen LogP contribution in [0.2, 0.25) is 0 Å². The average Bonchev–Trinajstić information content (AvgIpc) is 2.50. The Labute approximate surface area is 129 Å². The van der Waals surface area contributed by atoms with E-state index >= 15 is 0 Å². The Morgan fingerprint density at radius 3 is 2.26 bits per heavy atom. The van der Waals surface area contributed by atoms with E-state index < -0.39 is 30.2 Å². The molecule has 0 aliphatic rings. The van der Waals surface area contributed by atoms with Crippen LogP contribution in [0.25, 0.3) is 0 Å². The smallest absolute Gasteiger partial charge is 0.387 e. The van der Waals surface area contributed by atoms with E-state index in [0.29, 0.717) is 5.56 Å². The molecule has 0 heterocycles. The molecule has 1 N–H and O–H groups in total. The van der Waals surface area contributed by atoms with Crippen LogP contribution in [0.5, 0.6) is 5.75 Å². The van der Waals surface area contributed by atoms with Crippen molar-refractivity contribution in [2.24, 2.45) is 0 Å². The Bertz CT molecular complexity index is 689. The molecule has 0 aliphatic carbocycles. The number of nitrogens with one attached hydrogen (secondary N) is 1. The van der Waals surface area contributed by atoms with Crippen LogP contribution in [0.4, 0.5) is 17.6 Å². The highest BCUT2D eigenvalue weighted by molar-refractivity contribution is 5.94. The van der Waals surface area contributed by atoms with Crippen molar-refractivity contribution in [1.82, 2.24) is 5.32 Å². The number of hydrogen-bond donors (Lipinski definition) is 1. The molecule has 0 spiro atoms. The lowest BCUT2D eigenvalue weighted by Gasteiger charge is -2.15. The molecule has 2 aromatic rings. The lowest BCUT2D eigenvalue weighted by molar-refractivity contribution is -0.0498. The highest BCUT2D eigenvalue weighted by Gasteiger charge is 2.14. The SMILES string of the molecule is CC(NC(=O)c1ccc(OC(F)F)cc1)c1ccc(F)c(F)c1. The van der Waals surface area contributed by atoms with Crippen LogP contribution in [0.1, 0.15) is 28.9 Å². The second-order valence-electron chi connectivity index (χ2n) is 4.77.